The number of rotatable bonds is 4. The van der Waals surface area contributed by atoms with Gasteiger partial charge in [0.25, 0.3) is 10.2 Å². The maximum atomic E-state index is 11.2. The smallest absolute Gasteiger partial charge is 0.202 e. The summed E-state index contributed by atoms with van der Waals surface area (Å²) < 4.78 is 26.1. The highest BCUT2D eigenvalue weighted by atomic mass is 32.2. The van der Waals surface area contributed by atoms with Crippen LogP contribution in [0.25, 0.3) is 0 Å². The Balaban J connectivity index is 4.31. The summed E-state index contributed by atoms with van der Waals surface area (Å²) in [6, 6.07) is -0.000880. The van der Waals surface area contributed by atoms with E-state index in [0.717, 1.165) is 0 Å². The Kier molecular flexibility index (Phi) is 3.99. The Hall–Kier alpha value is -0.130. The summed E-state index contributed by atoms with van der Waals surface area (Å²) >= 11 is 0. The predicted octanol–water partition coefficient (Wildman–Crippen LogP) is 0.181. The van der Waals surface area contributed by atoms with Crippen LogP contribution < -0.4 is 4.72 Å². The first kappa shape index (κ1) is 10.9. The van der Waals surface area contributed by atoms with E-state index in [1.807, 2.05) is 13.8 Å². The van der Waals surface area contributed by atoms with Crippen molar-refractivity contribution in [3.05, 3.63) is 0 Å². The molecule has 0 aliphatic carbocycles. The van der Waals surface area contributed by atoms with Crippen molar-refractivity contribution in [2.45, 2.75) is 26.8 Å². The largest absolute Gasteiger partial charge is 0.279 e. The molecule has 0 spiro atoms. The third kappa shape index (κ3) is 3.18. The van der Waals surface area contributed by atoms with Gasteiger partial charge in [0.2, 0.25) is 0 Å². The fraction of sp³-hybridized carbons (Fsp3) is 1.00. The molecule has 0 aromatic rings. The van der Waals surface area contributed by atoms with Crippen LogP contribution in [0.3, 0.4) is 0 Å². The van der Waals surface area contributed by atoms with Gasteiger partial charge in [0, 0.05) is 19.6 Å². The molecular formula is C6H16N2O2S. The summed E-state index contributed by atoms with van der Waals surface area (Å²) in [7, 11) is -1.67. The van der Waals surface area contributed by atoms with Crippen molar-refractivity contribution >= 4 is 10.2 Å². The van der Waals surface area contributed by atoms with Gasteiger partial charge in [0.15, 0.2) is 0 Å². The summed E-state index contributed by atoms with van der Waals surface area (Å²) in [6.45, 7) is 5.84. The minimum atomic E-state index is -3.23. The van der Waals surface area contributed by atoms with Crippen LogP contribution in [-0.2, 0) is 10.2 Å². The zero-order chi connectivity index (χ0) is 9.07. The minimum Gasteiger partial charge on any atom is -0.202 e. The quantitative estimate of drug-likeness (QED) is 0.671. The molecule has 0 aliphatic rings. The Morgan fingerprint density at radius 2 is 1.91 bits per heavy atom. The molecule has 4 nitrogen and oxygen atoms in total. The molecule has 11 heavy (non-hydrogen) atoms. The monoisotopic (exact) mass is 180 g/mol. The van der Waals surface area contributed by atoms with Crippen molar-refractivity contribution in [2.24, 2.45) is 0 Å². The van der Waals surface area contributed by atoms with E-state index in [2.05, 4.69) is 4.72 Å². The van der Waals surface area contributed by atoms with Gasteiger partial charge in [-0.3, -0.25) is 0 Å². The van der Waals surface area contributed by atoms with Crippen LogP contribution in [0.4, 0.5) is 0 Å². The summed E-state index contributed by atoms with van der Waals surface area (Å²) in [5, 5.41) is 0. The zero-order valence-electron chi connectivity index (χ0n) is 7.46. The lowest BCUT2D eigenvalue weighted by molar-refractivity contribution is 0.403. The molecule has 0 saturated carbocycles. The van der Waals surface area contributed by atoms with E-state index in [-0.39, 0.29) is 6.04 Å². The fourth-order valence-corrected chi connectivity index (χ4v) is 1.69. The SMILES string of the molecule is CCNS(=O)(=O)N(C)C(C)C. The number of nitrogens with one attached hydrogen (secondary N) is 1. The molecule has 0 unspecified atom stereocenters. The second kappa shape index (κ2) is 4.04. The molecule has 0 fully saturated rings. The van der Waals surface area contributed by atoms with Crippen LogP contribution >= 0.6 is 0 Å². The molecular weight excluding hydrogens is 164 g/mol. The third-order valence-corrected chi connectivity index (χ3v) is 3.27. The van der Waals surface area contributed by atoms with Crippen molar-refractivity contribution in [1.29, 1.82) is 0 Å². The van der Waals surface area contributed by atoms with Crippen LogP contribution in [0.1, 0.15) is 20.8 Å². The molecule has 0 atom stereocenters. The fourth-order valence-electron chi connectivity index (χ4n) is 0.562. The van der Waals surface area contributed by atoms with Gasteiger partial charge in [-0.25, -0.2) is 4.72 Å². The lowest BCUT2D eigenvalue weighted by Crippen LogP contribution is -2.41. The number of nitrogens with zero attached hydrogens (tertiary/aromatic N) is 1. The van der Waals surface area contributed by atoms with Gasteiger partial charge in [-0.1, -0.05) is 6.92 Å². The van der Waals surface area contributed by atoms with Gasteiger partial charge < -0.3 is 0 Å². The van der Waals surface area contributed by atoms with E-state index in [1.54, 1.807) is 14.0 Å². The van der Waals surface area contributed by atoms with Crippen LogP contribution in [0, 0.1) is 0 Å². The van der Waals surface area contributed by atoms with E-state index in [0.29, 0.717) is 6.54 Å². The third-order valence-electron chi connectivity index (χ3n) is 1.43. The van der Waals surface area contributed by atoms with Crippen molar-refractivity contribution < 1.29 is 8.42 Å². The Bertz CT molecular complexity index is 199. The highest BCUT2D eigenvalue weighted by Crippen LogP contribution is 1.99. The topological polar surface area (TPSA) is 49.4 Å². The predicted molar refractivity (Wildman–Crippen MR) is 45.5 cm³/mol. The lowest BCUT2D eigenvalue weighted by Gasteiger charge is -2.20. The van der Waals surface area contributed by atoms with E-state index in [1.165, 1.54) is 4.31 Å². The maximum Gasteiger partial charge on any atom is 0.279 e. The molecule has 1 N–H and O–H groups in total. The lowest BCUT2D eigenvalue weighted by atomic mass is 10.4. The van der Waals surface area contributed by atoms with Crippen molar-refractivity contribution in [3.8, 4) is 0 Å². The van der Waals surface area contributed by atoms with Gasteiger partial charge in [-0.2, -0.15) is 12.7 Å². The van der Waals surface area contributed by atoms with Crippen LogP contribution in [0.15, 0.2) is 0 Å². The second-order valence-corrected chi connectivity index (χ2v) is 4.43. The molecule has 68 valence electrons. The van der Waals surface area contributed by atoms with E-state index in [9.17, 15) is 8.42 Å². The van der Waals surface area contributed by atoms with Crippen molar-refractivity contribution in [1.82, 2.24) is 9.03 Å². The molecule has 0 radical (unpaired) electrons. The summed E-state index contributed by atoms with van der Waals surface area (Å²) in [4.78, 5) is 0. The Morgan fingerprint density at radius 1 is 1.45 bits per heavy atom. The molecule has 0 bridgehead atoms. The molecule has 0 rings (SSSR count). The molecule has 0 heterocycles. The maximum absolute atomic E-state index is 11.2. The summed E-state index contributed by atoms with van der Waals surface area (Å²) in [5.41, 5.74) is 0. The van der Waals surface area contributed by atoms with Gasteiger partial charge in [0.1, 0.15) is 0 Å². The van der Waals surface area contributed by atoms with Crippen LogP contribution in [0.5, 0.6) is 0 Å². The van der Waals surface area contributed by atoms with E-state index in [4.69, 9.17) is 0 Å². The molecule has 0 aromatic carbocycles. The van der Waals surface area contributed by atoms with Crippen molar-refractivity contribution in [3.63, 3.8) is 0 Å². The number of hydrogen-bond donors (Lipinski definition) is 1. The summed E-state index contributed by atoms with van der Waals surface area (Å²) in [5.74, 6) is 0. The van der Waals surface area contributed by atoms with Crippen LogP contribution in [-0.4, -0.2) is 32.4 Å². The first-order valence-electron chi connectivity index (χ1n) is 3.64. The van der Waals surface area contributed by atoms with Crippen LogP contribution in [0.2, 0.25) is 0 Å². The average molecular weight is 180 g/mol. The molecule has 5 heteroatoms. The molecule has 0 aromatic heterocycles. The van der Waals surface area contributed by atoms with E-state index < -0.39 is 10.2 Å². The summed E-state index contributed by atoms with van der Waals surface area (Å²) in [6.07, 6.45) is 0. The standard InChI is InChI=1S/C6H16N2O2S/c1-5-7-11(9,10)8(4)6(2)3/h6-7H,5H2,1-4H3. The first-order chi connectivity index (χ1) is 4.91. The number of hydrogen-bond acceptors (Lipinski definition) is 2. The van der Waals surface area contributed by atoms with Gasteiger partial charge in [-0.15, -0.1) is 0 Å². The Morgan fingerprint density at radius 3 is 2.18 bits per heavy atom. The second-order valence-electron chi connectivity index (χ2n) is 2.61. The highest BCUT2D eigenvalue weighted by Gasteiger charge is 2.18. The highest BCUT2D eigenvalue weighted by molar-refractivity contribution is 7.87. The van der Waals surface area contributed by atoms with Gasteiger partial charge >= 0.3 is 0 Å². The first-order valence-corrected chi connectivity index (χ1v) is 5.08. The minimum absolute atomic E-state index is 0.000880. The average Bonchev–Trinajstić information content (AvgIpc) is 1.86. The molecule has 0 aliphatic heterocycles. The molecule has 0 saturated heterocycles. The van der Waals surface area contributed by atoms with E-state index >= 15 is 0 Å². The molecule has 0 amide bonds. The normalized spacial score (nSPS) is 12.9. The van der Waals surface area contributed by atoms with Gasteiger partial charge in [0.05, 0.1) is 0 Å². The van der Waals surface area contributed by atoms with Gasteiger partial charge in [-0.05, 0) is 13.8 Å². The zero-order valence-corrected chi connectivity index (χ0v) is 8.27. The van der Waals surface area contributed by atoms with Crippen molar-refractivity contribution in [2.75, 3.05) is 13.6 Å². The Labute approximate surface area is 68.8 Å².